The minimum absolute atomic E-state index is 0.0308. The van der Waals surface area contributed by atoms with Gasteiger partial charge in [0.25, 0.3) is 0 Å². The second-order valence-corrected chi connectivity index (χ2v) is 9.03. The van der Waals surface area contributed by atoms with E-state index in [-0.39, 0.29) is 10.8 Å². The number of hydrogen-bond donors (Lipinski definition) is 0. The molecule has 0 saturated heterocycles. The highest BCUT2D eigenvalue weighted by Gasteiger charge is 2.48. The van der Waals surface area contributed by atoms with E-state index in [0.717, 1.165) is 29.7 Å². The number of anilines is 1. The van der Waals surface area contributed by atoms with E-state index in [1.807, 2.05) is 59.7 Å². The molecule has 2 nitrogen and oxygen atoms in total. The first-order valence-corrected chi connectivity index (χ1v) is 13.9. The van der Waals surface area contributed by atoms with Crippen LogP contribution >= 0.6 is 11.9 Å². The maximum Gasteiger partial charge on any atom is 0.416 e. The van der Waals surface area contributed by atoms with E-state index < -0.39 is 11.7 Å². The van der Waals surface area contributed by atoms with Crippen LogP contribution in [0, 0.1) is 11.3 Å². The van der Waals surface area contributed by atoms with Gasteiger partial charge in [-0.3, -0.25) is 0 Å². The van der Waals surface area contributed by atoms with Gasteiger partial charge in [0.1, 0.15) is 11.2 Å². The molecule has 35 heavy (non-hydrogen) atoms. The molecule has 2 aliphatic heterocycles. The quantitative estimate of drug-likeness (QED) is 0.382. The second-order valence-electron chi connectivity index (χ2n) is 8.19. The SMILES string of the molecule is CC.CC.CC.CCC(C)C(C)(CC)C1SN=C2c3cc(C(F)(F)F)ccc3-c3ccccc3N21. The molecule has 2 aromatic rings. The highest BCUT2D eigenvalue weighted by molar-refractivity contribution is 7.99. The molecule has 2 heterocycles. The highest BCUT2D eigenvalue weighted by atomic mass is 32.2. The number of amidine groups is 1. The van der Waals surface area contributed by atoms with Crippen molar-refractivity contribution >= 4 is 23.5 Å². The largest absolute Gasteiger partial charge is 0.416 e. The molecule has 0 aliphatic carbocycles. The van der Waals surface area contributed by atoms with Gasteiger partial charge in [-0.25, -0.2) is 0 Å². The Morgan fingerprint density at radius 1 is 0.914 bits per heavy atom. The Balaban J connectivity index is 0.000000949. The molecular weight excluding hydrogens is 465 g/mol. The zero-order valence-electron chi connectivity index (χ0n) is 23.0. The van der Waals surface area contributed by atoms with E-state index in [1.54, 1.807) is 6.07 Å². The second kappa shape index (κ2) is 13.4. The van der Waals surface area contributed by atoms with Gasteiger partial charge in [-0.2, -0.15) is 17.6 Å². The first-order chi connectivity index (χ1) is 16.7. The molecular formula is C29H43F3N2S. The van der Waals surface area contributed by atoms with E-state index in [4.69, 9.17) is 4.40 Å². The van der Waals surface area contributed by atoms with Gasteiger partial charge < -0.3 is 4.90 Å². The van der Waals surface area contributed by atoms with Crippen molar-refractivity contribution in [2.75, 3.05) is 4.90 Å². The third kappa shape index (κ3) is 5.90. The molecule has 6 heteroatoms. The summed E-state index contributed by atoms with van der Waals surface area (Å²) in [6.45, 7) is 20.9. The topological polar surface area (TPSA) is 15.6 Å². The number of benzene rings is 2. The first kappa shape index (κ1) is 31.1. The van der Waals surface area contributed by atoms with Crippen LogP contribution in [-0.2, 0) is 6.18 Å². The number of para-hydroxylation sites is 1. The van der Waals surface area contributed by atoms with Crippen LogP contribution < -0.4 is 4.90 Å². The minimum Gasteiger partial charge on any atom is -0.310 e. The molecule has 0 amide bonds. The molecule has 0 N–H and O–H groups in total. The maximum absolute atomic E-state index is 13.4. The molecule has 4 rings (SSSR count). The van der Waals surface area contributed by atoms with E-state index >= 15 is 0 Å². The van der Waals surface area contributed by atoms with Crippen molar-refractivity contribution in [1.82, 2.24) is 0 Å². The molecule has 2 aliphatic rings. The number of halogens is 3. The number of nitrogens with zero attached hydrogens (tertiary/aromatic N) is 2. The summed E-state index contributed by atoms with van der Waals surface area (Å²) in [6.07, 6.45) is -2.37. The van der Waals surface area contributed by atoms with Crippen LogP contribution in [0.15, 0.2) is 46.9 Å². The molecule has 3 unspecified atom stereocenters. The Kier molecular flexibility index (Phi) is 11.9. The lowest BCUT2D eigenvalue weighted by atomic mass is 9.73. The summed E-state index contributed by atoms with van der Waals surface area (Å²) in [4.78, 5) is 2.18. The molecule has 3 atom stereocenters. The fraction of sp³-hybridized carbons (Fsp3) is 0.552. The Labute approximate surface area is 215 Å². The highest BCUT2D eigenvalue weighted by Crippen LogP contribution is 2.53. The van der Waals surface area contributed by atoms with Crippen molar-refractivity contribution in [3.63, 3.8) is 0 Å². The third-order valence-corrected chi connectivity index (χ3v) is 8.03. The van der Waals surface area contributed by atoms with Crippen LogP contribution in [0.1, 0.15) is 93.2 Å². The fourth-order valence-electron chi connectivity index (χ4n) is 4.42. The van der Waals surface area contributed by atoms with Gasteiger partial charge in [0.05, 0.1) is 11.3 Å². The lowest BCUT2D eigenvalue weighted by molar-refractivity contribution is -0.137. The van der Waals surface area contributed by atoms with Crippen LogP contribution in [0.5, 0.6) is 0 Å². The number of hydrogen-bond acceptors (Lipinski definition) is 3. The minimum atomic E-state index is -4.38. The maximum atomic E-state index is 13.4. The van der Waals surface area contributed by atoms with Gasteiger partial charge in [-0.15, -0.1) is 0 Å². The molecule has 2 aromatic carbocycles. The summed E-state index contributed by atoms with van der Waals surface area (Å²) in [7, 11) is 0. The Morgan fingerprint density at radius 2 is 1.51 bits per heavy atom. The number of rotatable bonds is 4. The van der Waals surface area contributed by atoms with Gasteiger partial charge in [-0.1, -0.05) is 99.9 Å². The summed E-state index contributed by atoms with van der Waals surface area (Å²) < 4.78 is 45.0. The summed E-state index contributed by atoms with van der Waals surface area (Å²) in [6, 6.07) is 12.0. The summed E-state index contributed by atoms with van der Waals surface area (Å²) in [5.41, 5.74) is 2.70. The Bertz CT molecular complexity index is 971. The lowest BCUT2D eigenvalue weighted by Gasteiger charge is -2.45. The Morgan fingerprint density at radius 3 is 2.06 bits per heavy atom. The lowest BCUT2D eigenvalue weighted by Crippen LogP contribution is -2.48. The van der Waals surface area contributed by atoms with Crippen molar-refractivity contribution in [3.8, 4) is 11.1 Å². The molecule has 196 valence electrons. The van der Waals surface area contributed by atoms with Crippen LogP contribution in [0.3, 0.4) is 0 Å². The average Bonchev–Trinajstić information content (AvgIpc) is 3.37. The molecule has 0 spiro atoms. The molecule has 0 aromatic heterocycles. The van der Waals surface area contributed by atoms with Crippen LogP contribution in [0.2, 0.25) is 0 Å². The van der Waals surface area contributed by atoms with Crippen molar-refractivity contribution in [1.29, 1.82) is 0 Å². The van der Waals surface area contributed by atoms with Crippen molar-refractivity contribution in [3.05, 3.63) is 53.6 Å². The summed E-state index contributed by atoms with van der Waals surface area (Å²) >= 11 is 1.50. The van der Waals surface area contributed by atoms with Crippen LogP contribution in [0.4, 0.5) is 18.9 Å². The molecule has 0 saturated carbocycles. The van der Waals surface area contributed by atoms with Crippen molar-refractivity contribution < 1.29 is 13.2 Å². The average molecular weight is 509 g/mol. The van der Waals surface area contributed by atoms with Gasteiger partial charge in [0, 0.05) is 28.5 Å². The van der Waals surface area contributed by atoms with Crippen molar-refractivity contribution in [2.45, 2.75) is 93.6 Å². The predicted molar refractivity (Wildman–Crippen MR) is 149 cm³/mol. The van der Waals surface area contributed by atoms with Gasteiger partial charge in [-0.05, 0) is 36.1 Å². The first-order valence-electron chi connectivity index (χ1n) is 13.1. The molecule has 0 radical (unpaired) electrons. The van der Waals surface area contributed by atoms with Gasteiger partial charge in [0.2, 0.25) is 0 Å². The standard InChI is InChI=1S/C23H25F3N2S.3C2H6/c1-5-14(3)22(4,6-2)21-28-19-10-8-7-9-17(19)16-12-11-15(23(24,25)26)13-18(16)20(28)27-29-21;3*1-2/h7-14,21H,5-6H2,1-4H3;3*1-2H3. The zero-order valence-corrected chi connectivity index (χ0v) is 23.9. The fourth-order valence-corrected chi connectivity index (χ4v) is 5.75. The van der Waals surface area contributed by atoms with E-state index in [2.05, 4.69) is 38.7 Å². The van der Waals surface area contributed by atoms with Gasteiger partial charge >= 0.3 is 6.18 Å². The number of fused-ring (bicyclic) bond motifs is 6. The van der Waals surface area contributed by atoms with E-state index in [1.165, 1.54) is 24.1 Å². The van der Waals surface area contributed by atoms with Crippen LogP contribution in [0.25, 0.3) is 11.1 Å². The number of alkyl halides is 3. The third-order valence-electron chi connectivity index (χ3n) is 6.81. The van der Waals surface area contributed by atoms with Crippen molar-refractivity contribution in [2.24, 2.45) is 15.7 Å². The Hall–Kier alpha value is -1.95. The zero-order chi connectivity index (χ0) is 27.0. The molecule has 0 fully saturated rings. The summed E-state index contributed by atoms with van der Waals surface area (Å²) in [5.74, 6) is 1.09. The predicted octanol–water partition coefficient (Wildman–Crippen LogP) is 10.5. The monoisotopic (exact) mass is 508 g/mol. The smallest absolute Gasteiger partial charge is 0.310 e. The van der Waals surface area contributed by atoms with E-state index in [9.17, 15) is 13.2 Å². The van der Waals surface area contributed by atoms with E-state index in [0.29, 0.717) is 17.3 Å². The van der Waals surface area contributed by atoms with Crippen LogP contribution in [-0.4, -0.2) is 11.2 Å². The summed E-state index contributed by atoms with van der Waals surface area (Å²) in [5, 5.41) is 0.0429. The normalized spacial score (nSPS) is 17.9. The molecule has 0 bridgehead atoms. The van der Waals surface area contributed by atoms with Gasteiger partial charge in [0.15, 0.2) is 0 Å².